The van der Waals surface area contributed by atoms with E-state index in [0.717, 1.165) is 17.0 Å². The standard InChI is InChI=1S/C17H19NO2/c1-14-7-6-10-16(13-14)20-12-11-17(19)18(2)15-8-4-3-5-9-15/h3-10,13H,11-12H2,1-2H3. The zero-order chi connectivity index (χ0) is 14.4. The van der Waals surface area contributed by atoms with Crippen LogP contribution in [0.1, 0.15) is 12.0 Å². The van der Waals surface area contributed by atoms with Gasteiger partial charge in [0.25, 0.3) is 0 Å². The molecule has 0 fully saturated rings. The van der Waals surface area contributed by atoms with Gasteiger partial charge in [-0.25, -0.2) is 0 Å². The lowest BCUT2D eigenvalue weighted by Crippen LogP contribution is -2.27. The van der Waals surface area contributed by atoms with Crippen molar-refractivity contribution in [3.05, 3.63) is 60.2 Å². The predicted molar refractivity (Wildman–Crippen MR) is 81.1 cm³/mol. The van der Waals surface area contributed by atoms with Gasteiger partial charge in [0.2, 0.25) is 5.91 Å². The molecule has 0 aliphatic heterocycles. The second-order valence-corrected chi connectivity index (χ2v) is 4.70. The maximum Gasteiger partial charge on any atom is 0.230 e. The van der Waals surface area contributed by atoms with Crippen molar-refractivity contribution in [2.75, 3.05) is 18.6 Å². The summed E-state index contributed by atoms with van der Waals surface area (Å²) < 4.78 is 5.60. The second-order valence-electron chi connectivity index (χ2n) is 4.70. The summed E-state index contributed by atoms with van der Waals surface area (Å²) in [5, 5.41) is 0. The SMILES string of the molecule is Cc1cccc(OCCC(=O)N(C)c2ccccc2)c1. The lowest BCUT2D eigenvalue weighted by molar-refractivity contribution is -0.118. The van der Waals surface area contributed by atoms with Gasteiger partial charge in [-0.05, 0) is 36.8 Å². The molecule has 0 N–H and O–H groups in total. The number of nitrogens with zero attached hydrogens (tertiary/aromatic N) is 1. The van der Waals surface area contributed by atoms with Crippen LogP contribution in [0.4, 0.5) is 5.69 Å². The van der Waals surface area contributed by atoms with Crippen LogP contribution in [0.3, 0.4) is 0 Å². The van der Waals surface area contributed by atoms with Gasteiger partial charge in [0.15, 0.2) is 0 Å². The first-order valence-electron chi connectivity index (χ1n) is 6.68. The van der Waals surface area contributed by atoms with Gasteiger partial charge in [0.1, 0.15) is 5.75 Å². The van der Waals surface area contributed by atoms with Crippen LogP contribution in [-0.4, -0.2) is 19.6 Å². The molecule has 0 aliphatic carbocycles. The Morgan fingerprint density at radius 2 is 1.85 bits per heavy atom. The largest absolute Gasteiger partial charge is 0.493 e. The van der Waals surface area contributed by atoms with Crippen LogP contribution < -0.4 is 9.64 Å². The molecule has 3 nitrogen and oxygen atoms in total. The number of anilines is 1. The number of benzene rings is 2. The molecule has 0 bridgehead atoms. The summed E-state index contributed by atoms with van der Waals surface area (Å²) in [6, 6.07) is 17.4. The monoisotopic (exact) mass is 269 g/mol. The summed E-state index contributed by atoms with van der Waals surface area (Å²) in [7, 11) is 1.78. The molecule has 104 valence electrons. The Kier molecular flexibility index (Phi) is 4.77. The van der Waals surface area contributed by atoms with E-state index in [2.05, 4.69) is 0 Å². The molecule has 0 saturated heterocycles. The molecule has 0 atom stereocenters. The van der Waals surface area contributed by atoms with Gasteiger partial charge in [0, 0.05) is 12.7 Å². The second kappa shape index (κ2) is 6.75. The van der Waals surface area contributed by atoms with E-state index in [1.165, 1.54) is 0 Å². The third kappa shape index (κ3) is 3.85. The van der Waals surface area contributed by atoms with Gasteiger partial charge in [-0.15, -0.1) is 0 Å². The van der Waals surface area contributed by atoms with Crippen LogP contribution in [0.5, 0.6) is 5.75 Å². The maximum absolute atomic E-state index is 12.0. The molecule has 1 amide bonds. The van der Waals surface area contributed by atoms with E-state index in [-0.39, 0.29) is 5.91 Å². The average Bonchev–Trinajstić information content (AvgIpc) is 2.47. The summed E-state index contributed by atoms with van der Waals surface area (Å²) in [6.45, 7) is 2.40. The lowest BCUT2D eigenvalue weighted by Gasteiger charge is -2.17. The Bertz CT molecular complexity index is 566. The Hall–Kier alpha value is -2.29. The fraction of sp³-hybridized carbons (Fsp3) is 0.235. The number of hydrogen-bond acceptors (Lipinski definition) is 2. The van der Waals surface area contributed by atoms with E-state index < -0.39 is 0 Å². The van der Waals surface area contributed by atoms with E-state index in [1.54, 1.807) is 11.9 Å². The van der Waals surface area contributed by atoms with Gasteiger partial charge in [-0.3, -0.25) is 4.79 Å². The highest BCUT2D eigenvalue weighted by atomic mass is 16.5. The van der Waals surface area contributed by atoms with E-state index in [4.69, 9.17) is 4.74 Å². The van der Waals surface area contributed by atoms with Crippen molar-refractivity contribution in [1.29, 1.82) is 0 Å². The molecule has 2 aromatic carbocycles. The van der Waals surface area contributed by atoms with Crippen LogP contribution in [-0.2, 0) is 4.79 Å². The molecular weight excluding hydrogens is 250 g/mol. The summed E-state index contributed by atoms with van der Waals surface area (Å²) in [6.07, 6.45) is 0.360. The molecule has 0 aliphatic rings. The number of para-hydroxylation sites is 1. The smallest absolute Gasteiger partial charge is 0.230 e. The summed E-state index contributed by atoms with van der Waals surface area (Å²) in [5.74, 6) is 0.851. The van der Waals surface area contributed by atoms with E-state index in [9.17, 15) is 4.79 Å². The van der Waals surface area contributed by atoms with Crippen LogP contribution >= 0.6 is 0 Å². The van der Waals surface area contributed by atoms with Crippen LogP contribution in [0.2, 0.25) is 0 Å². The zero-order valence-corrected chi connectivity index (χ0v) is 11.9. The molecule has 0 heterocycles. The van der Waals surface area contributed by atoms with Gasteiger partial charge < -0.3 is 9.64 Å². The number of carbonyl (C=O) groups excluding carboxylic acids is 1. The number of aryl methyl sites for hydroxylation is 1. The molecule has 2 rings (SSSR count). The van der Waals surface area contributed by atoms with Crippen molar-refractivity contribution >= 4 is 11.6 Å². The highest BCUT2D eigenvalue weighted by Gasteiger charge is 2.10. The molecular formula is C17H19NO2. The fourth-order valence-corrected chi connectivity index (χ4v) is 1.92. The van der Waals surface area contributed by atoms with Crippen molar-refractivity contribution in [1.82, 2.24) is 0 Å². The Morgan fingerprint density at radius 1 is 1.10 bits per heavy atom. The molecule has 3 heteroatoms. The summed E-state index contributed by atoms with van der Waals surface area (Å²) >= 11 is 0. The van der Waals surface area contributed by atoms with Crippen molar-refractivity contribution < 1.29 is 9.53 Å². The predicted octanol–water partition coefficient (Wildman–Crippen LogP) is 3.43. The minimum absolute atomic E-state index is 0.0452. The molecule has 2 aromatic rings. The Balaban J connectivity index is 1.83. The van der Waals surface area contributed by atoms with Crippen molar-refractivity contribution in [2.45, 2.75) is 13.3 Å². The van der Waals surface area contributed by atoms with Gasteiger partial charge in [-0.1, -0.05) is 30.3 Å². The molecule has 0 radical (unpaired) electrons. The third-order valence-corrected chi connectivity index (χ3v) is 3.09. The van der Waals surface area contributed by atoms with Gasteiger partial charge in [0.05, 0.1) is 13.0 Å². The highest BCUT2D eigenvalue weighted by Crippen LogP contribution is 2.14. The average molecular weight is 269 g/mol. The minimum Gasteiger partial charge on any atom is -0.493 e. The number of carbonyl (C=O) groups is 1. The number of ether oxygens (including phenoxy) is 1. The topological polar surface area (TPSA) is 29.5 Å². The van der Waals surface area contributed by atoms with Crippen molar-refractivity contribution in [3.8, 4) is 5.75 Å². The first kappa shape index (κ1) is 14.1. The Morgan fingerprint density at radius 3 is 2.55 bits per heavy atom. The fourth-order valence-electron chi connectivity index (χ4n) is 1.92. The molecule has 0 aromatic heterocycles. The van der Waals surface area contributed by atoms with Crippen LogP contribution in [0.25, 0.3) is 0 Å². The zero-order valence-electron chi connectivity index (χ0n) is 11.9. The maximum atomic E-state index is 12.0. The molecule has 0 unspecified atom stereocenters. The Labute approximate surface area is 119 Å². The van der Waals surface area contributed by atoms with Crippen molar-refractivity contribution in [3.63, 3.8) is 0 Å². The first-order valence-corrected chi connectivity index (χ1v) is 6.68. The first-order chi connectivity index (χ1) is 9.66. The molecule has 0 saturated carbocycles. The van der Waals surface area contributed by atoms with E-state index in [1.807, 2.05) is 61.5 Å². The van der Waals surface area contributed by atoms with Gasteiger partial charge >= 0.3 is 0 Å². The number of hydrogen-bond donors (Lipinski definition) is 0. The van der Waals surface area contributed by atoms with E-state index >= 15 is 0 Å². The van der Waals surface area contributed by atoms with Crippen LogP contribution in [0, 0.1) is 6.92 Å². The third-order valence-electron chi connectivity index (χ3n) is 3.09. The van der Waals surface area contributed by atoms with Crippen molar-refractivity contribution in [2.24, 2.45) is 0 Å². The minimum atomic E-state index is 0.0452. The number of amides is 1. The highest BCUT2D eigenvalue weighted by molar-refractivity contribution is 5.92. The number of rotatable bonds is 5. The lowest BCUT2D eigenvalue weighted by atomic mass is 10.2. The summed E-state index contributed by atoms with van der Waals surface area (Å²) in [5.41, 5.74) is 2.04. The quantitative estimate of drug-likeness (QED) is 0.832. The van der Waals surface area contributed by atoms with Gasteiger partial charge in [-0.2, -0.15) is 0 Å². The molecule has 0 spiro atoms. The van der Waals surface area contributed by atoms with E-state index in [0.29, 0.717) is 13.0 Å². The van der Waals surface area contributed by atoms with Crippen LogP contribution in [0.15, 0.2) is 54.6 Å². The summed E-state index contributed by atoms with van der Waals surface area (Å²) in [4.78, 5) is 13.7. The molecule has 20 heavy (non-hydrogen) atoms. The normalized spacial score (nSPS) is 10.1.